The molecule has 0 saturated heterocycles. The predicted molar refractivity (Wildman–Crippen MR) is 143 cm³/mol. The molecule has 0 atom stereocenters. The van der Waals surface area contributed by atoms with Gasteiger partial charge in [-0.2, -0.15) is 0 Å². The normalized spacial score (nSPS) is 12.2. The number of thiophene rings is 1. The van der Waals surface area contributed by atoms with Gasteiger partial charge in [0.25, 0.3) is 0 Å². The predicted octanol–water partition coefficient (Wildman–Crippen LogP) is 8.67. The van der Waals surface area contributed by atoms with Gasteiger partial charge in [0.1, 0.15) is 0 Å². The summed E-state index contributed by atoms with van der Waals surface area (Å²) in [5, 5.41) is 2.58. The molecule has 0 aliphatic carbocycles. The second-order valence-electron chi connectivity index (χ2n) is 10.3. The molecule has 0 amide bonds. The highest BCUT2D eigenvalue weighted by atomic mass is 32.1. The Morgan fingerprint density at radius 1 is 0.879 bits per heavy atom. The summed E-state index contributed by atoms with van der Waals surface area (Å²) in [4.78, 5) is 10.9. The smallest absolute Gasteiger partial charge is 0.0819 e. The molecule has 0 spiro atoms. The maximum Gasteiger partial charge on any atom is 0.0819 e. The zero-order chi connectivity index (χ0) is 23.2. The van der Waals surface area contributed by atoms with Gasteiger partial charge in [0, 0.05) is 22.3 Å². The van der Waals surface area contributed by atoms with Gasteiger partial charge in [-0.1, -0.05) is 58.9 Å². The van der Waals surface area contributed by atoms with Gasteiger partial charge >= 0.3 is 0 Å². The molecule has 0 unspecified atom stereocenters. The van der Waals surface area contributed by atoms with Crippen LogP contribution in [0.3, 0.4) is 0 Å². The minimum absolute atomic E-state index is 0.0536. The first kappa shape index (κ1) is 21.8. The van der Waals surface area contributed by atoms with Crippen molar-refractivity contribution < 1.29 is 0 Å². The molecule has 0 N–H and O–H groups in total. The molecule has 0 fully saturated rings. The number of aromatic nitrogens is 2. The molecule has 0 saturated carbocycles. The van der Waals surface area contributed by atoms with Crippen LogP contribution in [-0.2, 0) is 11.8 Å². The summed E-state index contributed by atoms with van der Waals surface area (Å²) in [6.07, 6.45) is 2.94. The number of fused-ring (bicyclic) bond motifs is 2. The Bertz CT molecular complexity index is 1450. The van der Waals surface area contributed by atoms with E-state index in [2.05, 4.69) is 101 Å². The molecule has 5 aromatic rings. The van der Waals surface area contributed by atoms with Crippen molar-refractivity contribution in [3.8, 4) is 21.7 Å². The van der Waals surface area contributed by atoms with E-state index in [1.54, 1.807) is 11.3 Å². The third-order valence-electron chi connectivity index (χ3n) is 6.06. The lowest BCUT2D eigenvalue weighted by atomic mass is 9.82. The van der Waals surface area contributed by atoms with Gasteiger partial charge in [-0.3, -0.25) is 9.97 Å². The van der Waals surface area contributed by atoms with Crippen molar-refractivity contribution in [1.82, 2.24) is 9.97 Å². The molecule has 0 aliphatic heterocycles. The average molecular weight is 451 g/mol. The van der Waals surface area contributed by atoms with Crippen LogP contribution in [0.15, 0.2) is 72.9 Å². The fourth-order valence-corrected chi connectivity index (χ4v) is 5.46. The molecule has 0 aliphatic rings. The SMILES string of the molecule is CC(C)Cc1ccc2sc(-c3ccnc(-c4cc(C(C)(C)C)c5ccccc5c4)c3)cc2n1. The molecule has 3 heterocycles. The van der Waals surface area contributed by atoms with Crippen LogP contribution in [0.25, 0.3) is 42.7 Å². The van der Waals surface area contributed by atoms with Crippen molar-refractivity contribution in [3.05, 3.63) is 84.2 Å². The van der Waals surface area contributed by atoms with Crippen LogP contribution >= 0.6 is 11.3 Å². The highest BCUT2D eigenvalue weighted by Gasteiger charge is 2.19. The van der Waals surface area contributed by atoms with Gasteiger partial charge in [0.15, 0.2) is 0 Å². The van der Waals surface area contributed by atoms with Gasteiger partial charge < -0.3 is 0 Å². The lowest BCUT2D eigenvalue weighted by molar-refractivity contribution is 0.596. The molecule has 2 nitrogen and oxygen atoms in total. The van der Waals surface area contributed by atoms with Gasteiger partial charge in [-0.15, -0.1) is 11.3 Å². The van der Waals surface area contributed by atoms with Gasteiger partial charge in [0.05, 0.1) is 15.9 Å². The highest BCUT2D eigenvalue weighted by molar-refractivity contribution is 7.22. The Morgan fingerprint density at radius 2 is 1.70 bits per heavy atom. The van der Waals surface area contributed by atoms with Crippen LogP contribution in [0.2, 0.25) is 0 Å². The Balaban J connectivity index is 1.58. The lowest BCUT2D eigenvalue weighted by Gasteiger charge is -2.22. The number of hydrogen-bond acceptors (Lipinski definition) is 3. The highest BCUT2D eigenvalue weighted by Crippen LogP contribution is 2.37. The summed E-state index contributed by atoms with van der Waals surface area (Å²) in [7, 11) is 0. The monoisotopic (exact) mass is 450 g/mol. The molecular weight excluding hydrogens is 420 g/mol. The van der Waals surface area contributed by atoms with Crippen LogP contribution in [-0.4, -0.2) is 9.97 Å². The summed E-state index contributed by atoms with van der Waals surface area (Å²) in [5.41, 5.74) is 7.03. The topological polar surface area (TPSA) is 25.8 Å². The Hall–Kier alpha value is -3.04. The van der Waals surface area contributed by atoms with Gasteiger partial charge in [-0.05, 0) is 82.1 Å². The molecule has 33 heavy (non-hydrogen) atoms. The molecular formula is C30H30N2S. The van der Waals surface area contributed by atoms with Gasteiger partial charge in [-0.25, -0.2) is 0 Å². The first-order valence-corrected chi connectivity index (χ1v) is 12.5. The molecule has 5 rings (SSSR count). The van der Waals surface area contributed by atoms with Crippen molar-refractivity contribution in [2.24, 2.45) is 5.92 Å². The summed E-state index contributed by atoms with van der Waals surface area (Å²) in [6, 6.07) is 24.2. The van der Waals surface area contributed by atoms with E-state index in [1.807, 2.05) is 6.20 Å². The fourth-order valence-electron chi connectivity index (χ4n) is 4.46. The van der Waals surface area contributed by atoms with E-state index in [0.717, 1.165) is 17.6 Å². The van der Waals surface area contributed by atoms with Crippen molar-refractivity contribution in [2.45, 2.75) is 46.5 Å². The Kier molecular flexibility index (Phi) is 5.54. The fraction of sp³-hybridized carbons (Fsp3) is 0.267. The molecule has 3 heteroatoms. The number of pyridine rings is 2. The van der Waals surface area contributed by atoms with Crippen molar-refractivity contribution >= 4 is 32.3 Å². The Morgan fingerprint density at radius 3 is 2.48 bits per heavy atom. The van der Waals surface area contributed by atoms with E-state index in [9.17, 15) is 0 Å². The maximum absolute atomic E-state index is 4.91. The minimum atomic E-state index is 0.0536. The number of rotatable bonds is 4. The summed E-state index contributed by atoms with van der Waals surface area (Å²) < 4.78 is 1.23. The van der Waals surface area contributed by atoms with E-state index in [4.69, 9.17) is 9.97 Å². The first-order chi connectivity index (χ1) is 15.8. The van der Waals surface area contributed by atoms with Crippen molar-refractivity contribution in [2.75, 3.05) is 0 Å². The van der Waals surface area contributed by atoms with Crippen molar-refractivity contribution in [3.63, 3.8) is 0 Å². The standard InChI is InChI=1S/C30H30N2S/c1-19(2)14-23-10-11-28-27(32-23)18-29(33-28)21-12-13-31-26(17-21)22-15-20-8-6-7-9-24(20)25(16-22)30(3,4)5/h6-13,15-19H,14H2,1-5H3. The Labute approximate surface area is 200 Å². The van der Waals surface area contributed by atoms with E-state index in [-0.39, 0.29) is 5.41 Å². The zero-order valence-electron chi connectivity index (χ0n) is 20.0. The molecule has 166 valence electrons. The lowest BCUT2D eigenvalue weighted by Crippen LogP contribution is -2.12. The number of nitrogens with zero attached hydrogens (tertiary/aromatic N) is 2. The summed E-state index contributed by atoms with van der Waals surface area (Å²) >= 11 is 1.80. The van der Waals surface area contributed by atoms with Gasteiger partial charge in [0.2, 0.25) is 0 Å². The third kappa shape index (κ3) is 4.43. The van der Waals surface area contributed by atoms with E-state index < -0.39 is 0 Å². The zero-order valence-corrected chi connectivity index (χ0v) is 20.8. The van der Waals surface area contributed by atoms with E-state index in [1.165, 1.54) is 42.7 Å². The van der Waals surface area contributed by atoms with Crippen LogP contribution in [0, 0.1) is 5.92 Å². The third-order valence-corrected chi connectivity index (χ3v) is 7.20. The molecule has 0 radical (unpaired) electrons. The molecule has 0 bridgehead atoms. The quantitative estimate of drug-likeness (QED) is 0.274. The molecule has 3 aromatic heterocycles. The number of benzene rings is 2. The van der Waals surface area contributed by atoms with Crippen LogP contribution in [0.5, 0.6) is 0 Å². The minimum Gasteiger partial charge on any atom is -0.256 e. The van der Waals surface area contributed by atoms with E-state index in [0.29, 0.717) is 5.92 Å². The number of hydrogen-bond donors (Lipinski definition) is 0. The second kappa shape index (κ2) is 8.39. The summed E-state index contributed by atoms with van der Waals surface area (Å²) in [6.45, 7) is 11.3. The van der Waals surface area contributed by atoms with Crippen LogP contribution < -0.4 is 0 Å². The van der Waals surface area contributed by atoms with E-state index >= 15 is 0 Å². The molecule has 2 aromatic carbocycles. The average Bonchev–Trinajstić information content (AvgIpc) is 3.21. The van der Waals surface area contributed by atoms with Crippen molar-refractivity contribution in [1.29, 1.82) is 0 Å². The summed E-state index contributed by atoms with van der Waals surface area (Å²) in [5.74, 6) is 0.607. The second-order valence-corrected chi connectivity index (χ2v) is 11.4. The largest absolute Gasteiger partial charge is 0.256 e. The van der Waals surface area contributed by atoms with Crippen LogP contribution in [0.1, 0.15) is 45.9 Å². The van der Waals surface area contributed by atoms with Crippen LogP contribution in [0.4, 0.5) is 0 Å². The first-order valence-electron chi connectivity index (χ1n) is 11.7. The maximum atomic E-state index is 4.91.